The van der Waals surface area contributed by atoms with E-state index in [1.807, 2.05) is 0 Å². The number of halogens is 9. The van der Waals surface area contributed by atoms with Gasteiger partial charge in [-0.2, -0.15) is 39.5 Å². The Balaban J connectivity index is 5.42. The molecule has 1 amide bonds. The first-order valence-corrected chi connectivity index (χ1v) is 5.97. The summed E-state index contributed by atoms with van der Waals surface area (Å²) in [5.74, 6) is -19.7. The lowest BCUT2D eigenvalue weighted by Gasteiger charge is -2.36. The summed E-state index contributed by atoms with van der Waals surface area (Å²) in [6.07, 6.45) is -8.60. The van der Waals surface area contributed by atoms with Crippen LogP contribution in [0.1, 0.15) is 27.7 Å². The van der Waals surface area contributed by atoms with Crippen LogP contribution < -0.4 is 5.32 Å². The summed E-state index contributed by atoms with van der Waals surface area (Å²) in [5.41, 5.74) is -1.24. The lowest BCUT2D eigenvalue weighted by molar-refractivity contribution is -0.398. The second-order valence-corrected chi connectivity index (χ2v) is 5.64. The SMILES string of the molecule is C[C@H](NC(=O)OC(C)(C)C)C(F)(F)C(F)(F)C(F)(F)C(F)(F)F. The van der Waals surface area contributed by atoms with Gasteiger partial charge in [-0.1, -0.05) is 0 Å². The molecule has 0 unspecified atom stereocenters. The van der Waals surface area contributed by atoms with Crippen LogP contribution in [0.3, 0.4) is 0 Å². The summed E-state index contributed by atoms with van der Waals surface area (Å²) in [6.45, 7) is 3.98. The summed E-state index contributed by atoms with van der Waals surface area (Å²) in [7, 11) is 0. The lowest BCUT2D eigenvalue weighted by Crippen LogP contribution is -2.66. The van der Waals surface area contributed by atoms with Gasteiger partial charge in [0.25, 0.3) is 0 Å². The Bertz CT molecular complexity index is 440. The molecule has 0 radical (unpaired) electrons. The van der Waals surface area contributed by atoms with Crippen LogP contribution in [0.25, 0.3) is 0 Å². The van der Waals surface area contributed by atoms with E-state index in [0.29, 0.717) is 0 Å². The normalized spacial score (nSPS) is 16.0. The van der Waals surface area contributed by atoms with Gasteiger partial charge < -0.3 is 10.1 Å². The molecule has 0 fully saturated rings. The number of carbonyl (C=O) groups is 1. The number of rotatable bonds is 4. The van der Waals surface area contributed by atoms with Crippen molar-refractivity contribution in [1.82, 2.24) is 5.32 Å². The number of hydrogen-bond donors (Lipinski definition) is 1. The quantitative estimate of drug-likeness (QED) is 0.754. The zero-order valence-corrected chi connectivity index (χ0v) is 12.3. The topological polar surface area (TPSA) is 38.3 Å². The second-order valence-electron chi connectivity index (χ2n) is 5.64. The van der Waals surface area contributed by atoms with Gasteiger partial charge in [0.2, 0.25) is 0 Å². The van der Waals surface area contributed by atoms with Crippen molar-refractivity contribution in [3.63, 3.8) is 0 Å². The van der Waals surface area contributed by atoms with Crippen molar-refractivity contribution in [2.75, 3.05) is 0 Å². The number of carbonyl (C=O) groups excluding carboxylic acids is 1. The van der Waals surface area contributed by atoms with E-state index in [9.17, 15) is 44.3 Å². The molecule has 0 saturated heterocycles. The van der Waals surface area contributed by atoms with Crippen LogP contribution in [-0.4, -0.2) is 41.7 Å². The second kappa shape index (κ2) is 5.93. The van der Waals surface area contributed by atoms with Gasteiger partial charge >= 0.3 is 30.0 Å². The molecule has 0 aliphatic carbocycles. The van der Waals surface area contributed by atoms with Crippen molar-refractivity contribution in [3.8, 4) is 0 Å². The fourth-order valence-corrected chi connectivity index (χ4v) is 1.23. The molecule has 0 rings (SSSR count). The first-order chi connectivity index (χ1) is 9.77. The van der Waals surface area contributed by atoms with Crippen LogP contribution in [0.5, 0.6) is 0 Å². The molecular weight excluding hydrogens is 349 g/mol. The Labute approximate surface area is 125 Å². The zero-order chi connectivity index (χ0) is 19.1. The number of alkyl halides is 9. The number of ether oxygens (including phenoxy) is 1. The molecule has 0 saturated carbocycles. The highest BCUT2D eigenvalue weighted by molar-refractivity contribution is 5.68. The maximum atomic E-state index is 13.4. The minimum Gasteiger partial charge on any atom is -0.444 e. The van der Waals surface area contributed by atoms with E-state index in [1.54, 1.807) is 0 Å². The Morgan fingerprint density at radius 1 is 0.870 bits per heavy atom. The maximum absolute atomic E-state index is 13.4. The van der Waals surface area contributed by atoms with Crippen LogP contribution in [0.15, 0.2) is 0 Å². The molecule has 0 aliphatic heterocycles. The minimum atomic E-state index is -7.01. The number of hydrogen-bond acceptors (Lipinski definition) is 2. The maximum Gasteiger partial charge on any atom is 0.460 e. The molecule has 1 N–H and O–H groups in total. The minimum absolute atomic E-state index is 0.143. The third kappa shape index (κ3) is 4.34. The van der Waals surface area contributed by atoms with Crippen molar-refractivity contribution in [2.24, 2.45) is 0 Å². The number of amides is 1. The highest BCUT2D eigenvalue weighted by Gasteiger charge is 2.82. The van der Waals surface area contributed by atoms with Crippen LogP contribution in [-0.2, 0) is 4.74 Å². The summed E-state index contributed by atoms with van der Waals surface area (Å²) in [6, 6.07) is -3.07. The van der Waals surface area contributed by atoms with Crippen LogP contribution >= 0.6 is 0 Å². The van der Waals surface area contributed by atoms with Crippen LogP contribution in [0.2, 0.25) is 0 Å². The molecule has 0 aromatic heterocycles. The number of alkyl carbamates (subject to hydrolysis) is 1. The fraction of sp³-hybridized carbons (Fsp3) is 0.909. The monoisotopic (exact) mass is 363 g/mol. The molecule has 0 aromatic rings. The molecule has 23 heavy (non-hydrogen) atoms. The third-order valence-corrected chi connectivity index (χ3v) is 2.45. The third-order valence-electron chi connectivity index (χ3n) is 2.45. The van der Waals surface area contributed by atoms with Gasteiger partial charge in [0.05, 0.1) is 6.04 Å². The van der Waals surface area contributed by atoms with Crippen LogP contribution in [0, 0.1) is 0 Å². The molecule has 0 bridgehead atoms. The molecule has 0 heterocycles. The largest absolute Gasteiger partial charge is 0.460 e. The van der Waals surface area contributed by atoms with E-state index in [4.69, 9.17) is 0 Å². The van der Waals surface area contributed by atoms with Crippen molar-refractivity contribution in [2.45, 2.75) is 63.3 Å². The average Bonchev–Trinajstić information content (AvgIpc) is 2.23. The Hall–Kier alpha value is -1.36. The van der Waals surface area contributed by atoms with Gasteiger partial charge in [-0.3, -0.25) is 0 Å². The van der Waals surface area contributed by atoms with E-state index < -0.39 is 41.7 Å². The van der Waals surface area contributed by atoms with Crippen molar-refractivity contribution < 1.29 is 49.0 Å². The van der Waals surface area contributed by atoms with Crippen LogP contribution in [0.4, 0.5) is 44.3 Å². The Morgan fingerprint density at radius 3 is 1.57 bits per heavy atom. The van der Waals surface area contributed by atoms with Gasteiger partial charge in [-0.15, -0.1) is 0 Å². The first-order valence-electron chi connectivity index (χ1n) is 5.97. The molecule has 138 valence electrons. The summed E-state index contributed by atoms with van der Waals surface area (Å²) in [4.78, 5) is 11.2. The lowest BCUT2D eigenvalue weighted by atomic mass is 9.98. The molecule has 0 aromatic carbocycles. The molecule has 1 atom stereocenters. The van der Waals surface area contributed by atoms with Gasteiger partial charge in [-0.25, -0.2) is 4.79 Å². The smallest absolute Gasteiger partial charge is 0.444 e. The summed E-state index contributed by atoms with van der Waals surface area (Å²) >= 11 is 0. The van der Waals surface area contributed by atoms with Crippen molar-refractivity contribution in [3.05, 3.63) is 0 Å². The van der Waals surface area contributed by atoms with Gasteiger partial charge in [0.1, 0.15) is 5.60 Å². The van der Waals surface area contributed by atoms with Gasteiger partial charge in [0, 0.05) is 0 Å². The Kier molecular flexibility index (Phi) is 5.58. The van der Waals surface area contributed by atoms with E-state index in [2.05, 4.69) is 4.74 Å². The Morgan fingerprint density at radius 2 is 1.26 bits per heavy atom. The predicted molar refractivity (Wildman–Crippen MR) is 59.7 cm³/mol. The van der Waals surface area contributed by atoms with E-state index >= 15 is 0 Å². The number of nitrogens with one attached hydrogen (secondary N) is 1. The highest BCUT2D eigenvalue weighted by atomic mass is 19.4. The van der Waals surface area contributed by atoms with E-state index in [1.165, 1.54) is 20.8 Å². The van der Waals surface area contributed by atoms with Gasteiger partial charge in [-0.05, 0) is 27.7 Å². The average molecular weight is 363 g/mol. The molecule has 3 nitrogen and oxygen atoms in total. The van der Waals surface area contributed by atoms with E-state index in [0.717, 1.165) is 5.32 Å². The first kappa shape index (κ1) is 21.6. The highest BCUT2D eigenvalue weighted by Crippen LogP contribution is 2.53. The molecule has 0 spiro atoms. The van der Waals surface area contributed by atoms with Gasteiger partial charge in [0.15, 0.2) is 0 Å². The van der Waals surface area contributed by atoms with E-state index in [-0.39, 0.29) is 6.92 Å². The molecular formula is C11H14F9NO2. The van der Waals surface area contributed by atoms with Crippen molar-refractivity contribution in [1.29, 1.82) is 0 Å². The predicted octanol–water partition coefficient (Wildman–Crippen LogP) is 4.37. The zero-order valence-electron chi connectivity index (χ0n) is 12.3. The van der Waals surface area contributed by atoms with Crippen molar-refractivity contribution >= 4 is 6.09 Å². The molecule has 12 heteroatoms. The summed E-state index contributed by atoms with van der Waals surface area (Å²) in [5, 5.41) is 1.11. The molecule has 0 aliphatic rings. The standard InChI is InChI=1S/C11H14F9NO2/c1-5(21-6(22)23-7(2,3)4)8(12,13)9(14,15)10(16,17)11(18,19)20/h5H,1-4H3,(H,21,22)/t5-/m0/s1. The fourth-order valence-electron chi connectivity index (χ4n) is 1.23. The summed E-state index contributed by atoms with van der Waals surface area (Å²) < 4.78 is 119.